The molecule has 1 aromatic carbocycles. The summed E-state index contributed by atoms with van der Waals surface area (Å²) in [6.07, 6.45) is 1.24. The third-order valence-electron chi connectivity index (χ3n) is 3.33. The molecular weight excluding hydrogens is 314 g/mol. The van der Waals surface area contributed by atoms with E-state index in [9.17, 15) is 9.18 Å². The van der Waals surface area contributed by atoms with Crippen LogP contribution in [0.3, 0.4) is 0 Å². The molecule has 2 N–H and O–H groups in total. The molecule has 0 heterocycles. The van der Waals surface area contributed by atoms with Crippen molar-refractivity contribution in [3.8, 4) is 0 Å². The van der Waals surface area contributed by atoms with Crippen LogP contribution in [0.25, 0.3) is 0 Å². The van der Waals surface area contributed by atoms with Crippen LogP contribution >= 0.6 is 23.2 Å². The molecule has 0 saturated carbocycles. The van der Waals surface area contributed by atoms with Gasteiger partial charge in [0.25, 0.3) is 0 Å². The fourth-order valence-electron chi connectivity index (χ4n) is 1.89. The Hall–Kier alpha value is -0.840. The van der Waals surface area contributed by atoms with Crippen LogP contribution in [-0.2, 0) is 4.79 Å². The van der Waals surface area contributed by atoms with Crippen LogP contribution in [0.2, 0.25) is 10.0 Å². The van der Waals surface area contributed by atoms with E-state index in [1.165, 1.54) is 12.1 Å². The van der Waals surface area contributed by atoms with Gasteiger partial charge in [-0.3, -0.25) is 4.79 Å². The maximum Gasteiger partial charge on any atom is 0.221 e. The summed E-state index contributed by atoms with van der Waals surface area (Å²) in [6, 6.07) is 2.64. The first-order valence-corrected chi connectivity index (χ1v) is 7.78. The minimum atomic E-state index is -0.501. The van der Waals surface area contributed by atoms with Crippen LogP contribution in [0.5, 0.6) is 0 Å². The normalized spacial score (nSPS) is 13.8. The number of rotatable bonds is 7. The summed E-state index contributed by atoms with van der Waals surface area (Å²) in [5.41, 5.74) is 0.515. The molecule has 0 aromatic heterocycles. The van der Waals surface area contributed by atoms with Gasteiger partial charge < -0.3 is 10.6 Å². The third-order valence-corrected chi connectivity index (χ3v) is 4.05. The Morgan fingerprint density at radius 2 is 2.00 bits per heavy atom. The monoisotopic (exact) mass is 334 g/mol. The van der Waals surface area contributed by atoms with Crippen molar-refractivity contribution in [3.05, 3.63) is 33.6 Å². The number of carbonyl (C=O) groups excluding carboxylic acids is 1. The molecule has 1 amide bonds. The fraction of sp³-hybridized carbons (Fsp3) is 0.533. The topological polar surface area (TPSA) is 41.1 Å². The van der Waals surface area contributed by atoms with Gasteiger partial charge in [-0.05, 0) is 32.4 Å². The summed E-state index contributed by atoms with van der Waals surface area (Å²) in [7, 11) is 0. The quantitative estimate of drug-likeness (QED) is 0.737. The molecule has 0 aliphatic carbocycles. The van der Waals surface area contributed by atoms with E-state index >= 15 is 0 Å². The molecule has 1 rings (SSSR count). The second kappa shape index (κ2) is 8.57. The second-order valence-corrected chi connectivity index (χ2v) is 5.84. The van der Waals surface area contributed by atoms with Gasteiger partial charge in [0.2, 0.25) is 5.91 Å². The molecule has 0 radical (unpaired) electrons. The number of amides is 1. The van der Waals surface area contributed by atoms with Crippen LogP contribution in [0, 0.1) is 5.82 Å². The Bertz CT molecular complexity index is 497. The lowest BCUT2D eigenvalue weighted by atomic mass is 10.1. The van der Waals surface area contributed by atoms with E-state index in [0.29, 0.717) is 23.6 Å². The van der Waals surface area contributed by atoms with E-state index in [2.05, 4.69) is 10.6 Å². The molecule has 1 aromatic rings. The van der Waals surface area contributed by atoms with Crippen molar-refractivity contribution in [2.75, 3.05) is 6.54 Å². The summed E-state index contributed by atoms with van der Waals surface area (Å²) >= 11 is 12.0. The van der Waals surface area contributed by atoms with Gasteiger partial charge in [-0.15, -0.1) is 0 Å². The van der Waals surface area contributed by atoms with Gasteiger partial charge in [0.15, 0.2) is 0 Å². The van der Waals surface area contributed by atoms with Crippen molar-refractivity contribution in [3.63, 3.8) is 0 Å². The van der Waals surface area contributed by atoms with E-state index in [1.807, 2.05) is 20.8 Å². The maximum atomic E-state index is 13.5. The van der Waals surface area contributed by atoms with Gasteiger partial charge in [0.05, 0.1) is 5.02 Å². The molecule has 0 aliphatic heterocycles. The molecule has 3 nitrogen and oxygen atoms in total. The average molecular weight is 335 g/mol. The fourth-order valence-corrected chi connectivity index (χ4v) is 2.59. The van der Waals surface area contributed by atoms with Crippen LogP contribution in [0.15, 0.2) is 12.1 Å². The van der Waals surface area contributed by atoms with Crippen molar-refractivity contribution in [2.24, 2.45) is 0 Å². The molecule has 0 spiro atoms. The van der Waals surface area contributed by atoms with Crippen molar-refractivity contribution < 1.29 is 9.18 Å². The van der Waals surface area contributed by atoms with E-state index in [-0.39, 0.29) is 23.0 Å². The number of hydrogen-bond acceptors (Lipinski definition) is 2. The second-order valence-electron chi connectivity index (χ2n) is 5.06. The summed E-state index contributed by atoms with van der Waals surface area (Å²) < 4.78 is 13.5. The van der Waals surface area contributed by atoms with Crippen molar-refractivity contribution in [1.82, 2.24) is 10.6 Å². The minimum Gasteiger partial charge on any atom is -0.354 e. The highest BCUT2D eigenvalue weighted by Gasteiger charge is 2.17. The van der Waals surface area contributed by atoms with Crippen LogP contribution < -0.4 is 10.6 Å². The zero-order chi connectivity index (χ0) is 16.0. The van der Waals surface area contributed by atoms with E-state index in [0.717, 1.165) is 6.42 Å². The molecule has 2 unspecified atom stereocenters. The highest BCUT2D eigenvalue weighted by molar-refractivity contribution is 6.36. The molecule has 0 saturated heterocycles. The molecule has 118 valence electrons. The van der Waals surface area contributed by atoms with Gasteiger partial charge in [-0.1, -0.05) is 30.1 Å². The summed E-state index contributed by atoms with van der Waals surface area (Å²) in [5, 5.41) is 6.45. The van der Waals surface area contributed by atoms with Crippen LogP contribution in [0.4, 0.5) is 4.39 Å². The maximum absolute atomic E-state index is 13.5. The first-order valence-electron chi connectivity index (χ1n) is 7.02. The Morgan fingerprint density at radius 3 is 2.62 bits per heavy atom. The zero-order valence-corrected chi connectivity index (χ0v) is 14.0. The number of nitrogens with one attached hydrogen (secondary N) is 2. The molecule has 0 bridgehead atoms. The van der Waals surface area contributed by atoms with Crippen molar-refractivity contribution in [1.29, 1.82) is 0 Å². The number of carbonyl (C=O) groups is 1. The van der Waals surface area contributed by atoms with Crippen molar-refractivity contribution >= 4 is 29.1 Å². The molecule has 2 atom stereocenters. The summed E-state index contributed by atoms with van der Waals surface area (Å²) in [5.74, 6) is -0.514. The average Bonchev–Trinajstić information content (AvgIpc) is 2.43. The molecular formula is C15H21Cl2FN2O. The van der Waals surface area contributed by atoms with Gasteiger partial charge in [0.1, 0.15) is 5.82 Å². The van der Waals surface area contributed by atoms with Gasteiger partial charge in [-0.2, -0.15) is 0 Å². The molecule has 0 fully saturated rings. The van der Waals surface area contributed by atoms with Gasteiger partial charge in [0, 0.05) is 35.6 Å². The first kappa shape index (κ1) is 18.2. The Kier molecular flexibility index (Phi) is 7.43. The van der Waals surface area contributed by atoms with Gasteiger partial charge >= 0.3 is 0 Å². The number of benzene rings is 1. The highest BCUT2D eigenvalue weighted by atomic mass is 35.5. The van der Waals surface area contributed by atoms with Crippen LogP contribution in [-0.4, -0.2) is 18.5 Å². The van der Waals surface area contributed by atoms with Crippen molar-refractivity contribution in [2.45, 2.75) is 45.7 Å². The lowest BCUT2D eigenvalue weighted by Gasteiger charge is -2.18. The number of halogens is 3. The predicted molar refractivity (Wildman–Crippen MR) is 85.4 cm³/mol. The summed E-state index contributed by atoms with van der Waals surface area (Å²) in [6.45, 7) is 6.27. The largest absolute Gasteiger partial charge is 0.354 e. The van der Waals surface area contributed by atoms with Gasteiger partial charge in [-0.25, -0.2) is 4.39 Å². The summed E-state index contributed by atoms with van der Waals surface area (Å²) in [4.78, 5) is 11.7. The molecule has 0 aliphatic rings. The van der Waals surface area contributed by atoms with Crippen LogP contribution in [0.1, 0.15) is 45.2 Å². The smallest absolute Gasteiger partial charge is 0.221 e. The minimum absolute atomic E-state index is 0.0134. The highest BCUT2D eigenvalue weighted by Crippen LogP contribution is 2.32. The third kappa shape index (κ3) is 5.46. The predicted octanol–water partition coefficient (Wildman–Crippen LogP) is 4.09. The number of hydrogen-bond donors (Lipinski definition) is 2. The Morgan fingerprint density at radius 1 is 1.33 bits per heavy atom. The lowest BCUT2D eigenvalue weighted by molar-refractivity contribution is -0.121. The Balaban J connectivity index is 2.53. The SMILES string of the molecule is CCC(C)NC(=O)CCNC(C)c1c(Cl)ccc(F)c1Cl. The molecule has 6 heteroatoms. The molecule has 21 heavy (non-hydrogen) atoms. The Labute approximate surface area is 135 Å². The van der Waals surface area contributed by atoms with E-state index < -0.39 is 5.82 Å². The van der Waals surface area contributed by atoms with E-state index in [1.54, 1.807) is 0 Å². The first-order chi connectivity index (χ1) is 9.86. The zero-order valence-electron chi connectivity index (χ0n) is 12.5. The standard InChI is InChI=1S/C15H21Cl2FN2O/c1-4-9(2)20-13(21)7-8-19-10(3)14-11(16)5-6-12(18)15(14)17/h5-6,9-10,19H,4,7-8H2,1-3H3,(H,20,21). The van der Waals surface area contributed by atoms with E-state index in [4.69, 9.17) is 23.2 Å². The lowest BCUT2D eigenvalue weighted by Crippen LogP contribution is -2.34.